The summed E-state index contributed by atoms with van der Waals surface area (Å²) in [6.45, 7) is 2.18. The monoisotopic (exact) mass is 270 g/mol. The van der Waals surface area contributed by atoms with Crippen LogP contribution in [0.4, 0.5) is 24.5 Å². The molecule has 0 radical (unpaired) electrons. The Bertz CT molecular complexity index is 498. The number of nitrogen functional groups attached to an aromatic ring is 1. The Labute approximate surface area is 110 Å². The molecule has 104 valence electrons. The third-order valence-electron chi connectivity index (χ3n) is 4.49. The van der Waals surface area contributed by atoms with Gasteiger partial charge in [-0.25, -0.2) is 0 Å². The number of alkyl halides is 3. The van der Waals surface area contributed by atoms with Gasteiger partial charge in [0.05, 0.1) is 5.56 Å². The maximum atomic E-state index is 12.9. The Morgan fingerprint density at radius 3 is 2.53 bits per heavy atom. The van der Waals surface area contributed by atoms with Gasteiger partial charge >= 0.3 is 6.18 Å². The summed E-state index contributed by atoms with van der Waals surface area (Å²) < 4.78 is 38.7. The molecule has 3 rings (SSSR count). The predicted octanol–water partition coefficient (Wildman–Crippen LogP) is 3.66. The molecule has 0 saturated carbocycles. The van der Waals surface area contributed by atoms with E-state index in [1.54, 1.807) is 6.07 Å². The van der Waals surface area contributed by atoms with Gasteiger partial charge < -0.3 is 10.6 Å². The van der Waals surface area contributed by atoms with Crippen molar-refractivity contribution < 1.29 is 13.2 Å². The van der Waals surface area contributed by atoms with Crippen LogP contribution in [0.2, 0.25) is 0 Å². The summed E-state index contributed by atoms with van der Waals surface area (Å²) in [6.07, 6.45) is -1.14. The van der Waals surface area contributed by atoms with Crippen LogP contribution in [-0.2, 0) is 6.18 Å². The summed E-state index contributed by atoms with van der Waals surface area (Å²) in [7, 11) is 0. The Morgan fingerprint density at radius 2 is 2.00 bits per heavy atom. The van der Waals surface area contributed by atoms with E-state index in [0.717, 1.165) is 19.3 Å². The zero-order valence-electron chi connectivity index (χ0n) is 10.7. The fourth-order valence-corrected chi connectivity index (χ4v) is 3.64. The van der Waals surface area contributed by atoms with E-state index in [1.165, 1.54) is 12.1 Å². The first-order valence-electron chi connectivity index (χ1n) is 6.63. The maximum Gasteiger partial charge on any atom is 0.418 e. The number of benzene rings is 1. The Balaban J connectivity index is 1.99. The summed E-state index contributed by atoms with van der Waals surface area (Å²) in [5.41, 5.74) is 5.20. The van der Waals surface area contributed by atoms with Crippen molar-refractivity contribution >= 4 is 11.4 Å². The second-order valence-electron chi connectivity index (χ2n) is 5.69. The van der Waals surface area contributed by atoms with Gasteiger partial charge in [0, 0.05) is 23.5 Å². The summed E-state index contributed by atoms with van der Waals surface area (Å²) in [5, 5.41) is 0. The van der Waals surface area contributed by atoms with Gasteiger partial charge in [0.25, 0.3) is 0 Å². The van der Waals surface area contributed by atoms with E-state index in [4.69, 9.17) is 5.73 Å². The van der Waals surface area contributed by atoms with E-state index in [1.807, 2.05) is 0 Å². The first-order chi connectivity index (χ1) is 8.88. The van der Waals surface area contributed by atoms with Crippen molar-refractivity contribution in [1.29, 1.82) is 0 Å². The summed E-state index contributed by atoms with van der Waals surface area (Å²) in [5.74, 6) is 0.561. The molecular weight excluding hydrogens is 253 g/mol. The number of halogens is 3. The van der Waals surface area contributed by atoms with Crippen molar-refractivity contribution in [2.45, 2.75) is 44.4 Å². The highest BCUT2D eigenvalue weighted by atomic mass is 19.4. The number of nitrogens with two attached hydrogens (primary N) is 1. The summed E-state index contributed by atoms with van der Waals surface area (Å²) in [4.78, 5) is 2.17. The molecular formula is C14H17F3N2. The highest BCUT2D eigenvalue weighted by Gasteiger charge is 2.44. The summed E-state index contributed by atoms with van der Waals surface area (Å²) in [6, 6.07) is 5.08. The predicted molar refractivity (Wildman–Crippen MR) is 68.9 cm³/mol. The molecule has 3 unspecified atom stereocenters. The molecule has 1 aromatic carbocycles. The van der Waals surface area contributed by atoms with Gasteiger partial charge in [-0.05, 0) is 43.4 Å². The van der Waals surface area contributed by atoms with Gasteiger partial charge in [0.1, 0.15) is 0 Å². The third-order valence-corrected chi connectivity index (χ3v) is 4.49. The minimum atomic E-state index is -4.38. The van der Waals surface area contributed by atoms with Crippen LogP contribution in [0, 0.1) is 5.92 Å². The van der Waals surface area contributed by atoms with Crippen LogP contribution in [0.15, 0.2) is 18.2 Å². The lowest BCUT2D eigenvalue weighted by Crippen LogP contribution is -2.30. The molecule has 2 aliphatic heterocycles. The molecule has 2 saturated heterocycles. The zero-order chi connectivity index (χ0) is 13.8. The fraction of sp³-hybridized carbons (Fsp3) is 0.571. The molecule has 2 bridgehead atoms. The van der Waals surface area contributed by atoms with Crippen molar-refractivity contribution in [3.63, 3.8) is 0 Å². The first kappa shape index (κ1) is 12.6. The smallest absolute Gasteiger partial charge is 0.398 e. The molecule has 2 N–H and O–H groups in total. The summed E-state index contributed by atoms with van der Waals surface area (Å²) >= 11 is 0. The lowest BCUT2D eigenvalue weighted by Gasteiger charge is -2.26. The van der Waals surface area contributed by atoms with Crippen molar-refractivity contribution in [1.82, 2.24) is 0 Å². The highest BCUT2D eigenvalue weighted by molar-refractivity contribution is 5.61. The Kier molecular flexibility index (Phi) is 2.69. The highest BCUT2D eigenvalue weighted by Crippen LogP contribution is 2.45. The Hall–Kier alpha value is -1.39. The molecule has 0 spiro atoms. The molecule has 19 heavy (non-hydrogen) atoms. The molecule has 0 amide bonds. The van der Waals surface area contributed by atoms with Crippen molar-refractivity contribution in [2.24, 2.45) is 5.92 Å². The van der Waals surface area contributed by atoms with E-state index in [0.29, 0.717) is 23.7 Å². The van der Waals surface area contributed by atoms with Gasteiger partial charge in [-0.1, -0.05) is 6.92 Å². The minimum absolute atomic E-state index is 0.198. The van der Waals surface area contributed by atoms with Crippen LogP contribution < -0.4 is 10.6 Å². The Morgan fingerprint density at radius 1 is 1.26 bits per heavy atom. The van der Waals surface area contributed by atoms with E-state index in [2.05, 4.69) is 11.8 Å². The second-order valence-corrected chi connectivity index (χ2v) is 5.69. The van der Waals surface area contributed by atoms with Crippen LogP contribution in [0.1, 0.15) is 31.7 Å². The molecule has 5 heteroatoms. The standard InChI is InChI=1S/C14H17F3N2/c1-8-6-9-3-5-13(8)19(9)10-2-4-12(18)11(7-10)14(15,16)17/h2,4,7-9,13H,3,5-6,18H2,1H3. The van der Waals surface area contributed by atoms with Crippen LogP contribution in [0.25, 0.3) is 0 Å². The molecule has 2 aliphatic rings. The van der Waals surface area contributed by atoms with Crippen LogP contribution >= 0.6 is 0 Å². The molecule has 0 aromatic heterocycles. The number of fused-ring (bicyclic) bond motifs is 2. The lowest BCUT2D eigenvalue weighted by molar-refractivity contribution is -0.136. The van der Waals surface area contributed by atoms with E-state index in [-0.39, 0.29) is 5.69 Å². The van der Waals surface area contributed by atoms with Crippen molar-refractivity contribution in [3.05, 3.63) is 23.8 Å². The second kappa shape index (κ2) is 4.05. The number of hydrogen-bond acceptors (Lipinski definition) is 2. The average Bonchev–Trinajstić information content (AvgIpc) is 2.84. The number of anilines is 2. The van der Waals surface area contributed by atoms with Gasteiger partial charge in [0.15, 0.2) is 0 Å². The first-order valence-corrected chi connectivity index (χ1v) is 6.63. The van der Waals surface area contributed by atoms with E-state index < -0.39 is 11.7 Å². The number of nitrogens with zero attached hydrogens (tertiary/aromatic N) is 1. The fourth-order valence-electron chi connectivity index (χ4n) is 3.64. The van der Waals surface area contributed by atoms with E-state index >= 15 is 0 Å². The minimum Gasteiger partial charge on any atom is -0.398 e. The molecule has 0 aliphatic carbocycles. The normalized spacial score (nSPS) is 30.1. The number of hydrogen-bond donors (Lipinski definition) is 1. The van der Waals surface area contributed by atoms with E-state index in [9.17, 15) is 13.2 Å². The SMILES string of the molecule is CC1CC2CCC1N2c1ccc(N)c(C(F)(F)F)c1. The van der Waals surface area contributed by atoms with Crippen LogP contribution in [0.3, 0.4) is 0 Å². The van der Waals surface area contributed by atoms with Crippen molar-refractivity contribution in [3.8, 4) is 0 Å². The molecule has 1 aromatic rings. The van der Waals surface area contributed by atoms with Crippen molar-refractivity contribution in [2.75, 3.05) is 10.6 Å². The molecule has 2 nitrogen and oxygen atoms in total. The third kappa shape index (κ3) is 1.95. The van der Waals surface area contributed by atoms with Gasteiger partial charge in [0.2, 0.25) is 0 Å². The molecule has 3 atom stereocenters. The average molecular weight is 270 g/mol. The van der Waals surface area contributed by atoms with Crippen LogP contribution in [-0.4, -0.2) is 12.1 Å². The lowest BCUT2D eigenvalue weighted by atomic mass is 9.91. The van der Waals surface area contributed by atoms with Gasteiger partial charge in [-0.2, -0.15) is 13.2 Å². The number of rotatable bonds is 1. The quantitative estimate of drug-likeness (QED) is 0.789. The topological polar surface area (TPSA) is 29.3 Å². The maximum absolute atomic E-state index is 12.9. The largest absolute Gasteiger partial charge is 0.418 e. The van der Waals surface area contributed by atoms with Crippen LogP contribution in [0.5, 0.6) is 0 Å². The van der Waals surface area contributed by atoms with Gasteiger partial charge in [-0.15, -0.1) is 0 Å². The zero-order valence-corrected chi connectivity index (χ0v) is 10.7. The molecule has 2 fully saturated rings. The van der Waals surface area contributed by atoms with Gasteiger partial charge in [-0.3, -0.25) is 0 Å². The molecule has 2 heterocycles.